The second-order valence-corrected chi connectivity index (χ2v) is 4.18. The highest BCUT2D eigenvalue weighted by Gasteiger charge is 2.15. The first-order valence-corrected chi connectivity index (χ1v) is 5.06. The Balaban J connectivity index is 2.57. The standard InChI is InChI=1S/C12H19NO2/c1-12(2,15-3)9-13-11-6-4-5-10(7-11)8-14/h4-7,13-14H,8-9H2,1-3H3. The number of aliphatic hydroxyl groups is 1. The van der Waals surface area contributed by atoms with Gasteiger partial charge in [-0.1, -0.05) is 12.1 Å². The van der Waals surface area contributed by atoms with E-state index in [2.05, 4.69) is 5.32 Å². The summed E-state index contributed by atoms with van der Waals surface area (Å²) in [7, 11) is 1.70. The van der Waals surface area contributed by atoms with Crippen LogP contribution in [0.1, 0.15) is 19.4 Å². The van der Waals surface area contributed by atoms with Crippen molar-refractivity contribution < 1.29 is 9.84 Å². The molecule has 0 radical (unpaired) electrons. The molecule has 0 aliphatic rings. The number of aliphatic hydroxyl groups excluding tert-OH is 1. The minimum Gasteiger partial charge on any atom is -0.392 e. The van der Waals surface area contributed by atoms with Crippen molar-refractivity contribution in [1.82, 2.24) is 0 Å². The zero-order valence-electron chi connectivity index (χ0n) is 9.58. The van der Waals surface area contributed by atoms with E-state index in [0.29, 0.717) is 0 Å². The second-order valence-electron chi connectivity index (χ2n) is 4.18. The molecule has 1 aromatic carbocycles. The van der Waals surface area contributed by atoms with Crippen molar-refractivity contribution >= 4 is 5.69 Å². The van der Waals surface area contributed by atoms with Gasteiger partial charge < -0.3 is 15.2 Å². The van der Waals surface area contributed by atoms with Crippen LogP contribution in [0.3, 0.4) is 0 Å². The molecule has 0 aliphatic heterocycles. The van der Waals surface area contributed by atoms with Crippen LogP contribution in [0.5, 0.6) is 0 Å². The number of benzene rings is 1. The molecule has 0 atom stereocenters. The Labute approximate surface area is 91.1 Å². The summed E-state index contributed by atoms with van der Waals surface area (Å²) in [6.07, 6.45) is 0. The van der Waals surface area contributed by atoms with Crippen LogP contribution in [0.25, 0.3) is 0 Å². The van der Waals surface area contributed by atoms with Gasteiger partial charge in [0.1, 0.15) is 0 Å². The van der Waals surface area contributed by atoms with Gasteiger partial charge in [-0.3, -0.25) is 0 Å². The van der Waals surface area contributed by atoms with E-state index in [9.17, 15) is 0 Å². The van der Waals surface area contributed by atoms with Gasteiger partial charge in [0.15, 0.2) is 0 Å². The van der Waals surface area contributed by atoms with E-state index in [1.165, 1.54) is 0 Å². The van der Waals surface area contributed by atoms with Gasteiger partial charge in [-0.2, -0.15) is 0 Å². The van der Waals surface area contributed by atoms with Crippen LogP contribution in [-0.2, 0) is 11.3 Å². The smallest absolute Gasteiger partial charge is 0.0794 e. The summed E-state index contributed by atoms with van der Waals surface area (Å²) >= 11 is 0. The minimum absolute atomic E-state index is 0.0726. The zero-order chi connectivity index (χ0) is 11.3. The average molecular weight is 209 g/mol. The van der Waals surface area contributed by atoms with Gasteiger partial charge in [0.25, 0.3) is 0 Å². The number of hydrogen-bond donors (Lipinski definition) is 2. The van der Waals surface area contributed by atoms with Crippen LogP contribution in [-0.4, -0.2) is 24.4 Å². The molecule has 0 aliphatic carbocycles. The molecule has 0 spiro atoms. The van der Waals surface area contributed by atoms with Gasteiger partial charge in [-0.25, -0.2) is 0 Å². The van der Waals surface area contributed by atoms with E-state index < -0.39 is 0 Å². The fourth-order valence-electron chi connectivity index (χ4n) is 1.17. The Morgan fingerprint density at radius 3 is 2.73 bits per heavy atom. The molecule has 84 valence electrons. The minimum atomic E-state index is -0.185. The van der Waals surface area contributed by atoms with Crippen molar-refractivity contribution in [3.63, 3.8) is 0 Å². The predicted octanol–water partition coefficient (Wildman–Crippen LogP) is 2.02. The van der Waals surface area contributed by atoms with E-state index in [4.69, 9.17) is 9.84 Å². The van der Waals surface area contributed by atoms with Gasteiger partial charge in [-0.05, 0) is 31.5 Å². The number of ether oxygens (including phenoxy) is 1. The first kappa shape index (κ1) is 12.0. The summed E-state index contributed by atoms with van der Waals surface area (Å²) in [5.74, 6) is 0. The molecule has 1 rings (SSSR count). The topological polar surface area (TPSA) is 41.5 Å². The lowest BCUT2D eigenvalue weighted by Crippen LogP contribution is -2.32. The van der Waals surface area contributed by atoms with Crippen LogP contribution in [0.4, 0.5) is 5.69 Å². The molecule has 3 heteroatoms. The van der Waals surface area contributed by atoms with Crippen molar-refractivity contribution in [2.24, 2.45) is 0 Å². The Morgan fingerprint density at radius 1 is 1.40 bits per heavy atom. The Morgan fingerprint density at radius 2 is 2.13 bits per heavy atom. The maximum atomic E-state index is 8.98. The number of rotatable bonds is 5. The van der Waals surface area contributed by atoms with E-state index in [1.807, 2.05) is 38.1 Å². The number of methoxy groups -OCH3 is 1. The molecular formula is C12H19NO2. The van der Waals surface area contributed by atoms with Crippen LogP contribution in [0.2, 0.25) is 0 Å². The molecule has 0 fully saturated rings. The third-order valence-electron chi connectivity index (χ3n) is 2.38. The van der Waals surface area contributed by atoms with Crippen LogP contribution in [0, 0.1) is 0 Å². The highest BCUT2D eigenvalue weighted by Crippen LogP contribution is 2.13. The molecular weight excluding hydrogens is 190 g/mol. The maximum absolute atomic E-state index is 8.98. The third-order valence-corrected chi connectivity index (χ3v) is 2.38. The number of nitrogens with one attached hydrogen (secondary N) is 1. The molecule has 0 unspecified atom stereocenters. The van der Waals surface area contributed by atoms with Crippen molar-refractivity contribution in [1.29, 1.82) is 0 Å². The molecule has 0 saturated heterocycles. The summed E-state index contributed by atoms with van der Waals surface area (Å²) in [6.45, 7) is 4.85. The van der Waals surface area contributed by atoms with Gasteiger partial charge in [0.05, 0.1) is 12.2 Å². The molecule has 1 aromatic rings. The third kappa shape index (κ3) is 3.90. The molecule has 0 aromatic heterocycles. The fraction of sp³-hybridized carbons (Fsp3) is 0.500. The quantitative estimate of drug-likeness (QED) is 0.779. The Kier molecular flexibility index (Phi) is 4.12. The van der Waals surface area contributed by atoms with Gasteiger partial charge in [0.2, 0.25) is 0 Å². The first-order chi connectivity index (χ1) is 7.07. The summed E-state index contributed by atoms with van der Waals surface area (Å²) in [5, 5.41) is 12.3. The zero-order valence-corrected chi connectivity index (χ0v) is 9.58. The van der Waals surface area contributed by atoms with Crippen molar-refractivity contribution in [2.75, 3.05) is 19.0 Å². The summed E-state index contributed by atoms with van der Waals surface area (Å²) < 4.78 is 5.30. The lowest BCUT2D eigenvalue weighted by molar-refractivity contribution is 0.0344. The Hall–Kier alpha value is -1.06. The molecule has 0 heterocycles. The van der Waals surface area contributed by atoms with E-state index in [1.54, 1.807) is 7.11 Å². The van der Waals surface area contributed by atoms with E-state index >= 15 is 0 Å². The SMILES string of the molecule is COC(C)(C)CNc1cccc(CO)c1. The molecule has 0 amide bonds. The van der Waals surface area contributed by atoms with Gasteiger partial charge >= 0.3 is 0 Å². The average Bonchev–Trinajstić information content (AvgIpc) is 2.27. The van der Waals surface area contributed by atoms with E-state index in [-0.39, 0.29) is 12.2 Å². The van der Waals surface area contributed by atoms with Crippen molar-refractivity contribution in [2.45, 2.75) is 26.1 Å². The largest absolute Gasteiger partial charge is 0.392 e. The number of anilines is 1. The maximum Gasteiger partial charge on any atom is 0.0794 e. The second kappa shape index (κ2) is 5.14. The lowest BCUT2D eigenvalue weighted by Gasteiger charge is -2.23. The highest BCUT2D eigenvalue weighted by molar-refractivity contribution is 5.45. The summed E-state index contributed by atoms with van der Waals surface area (Å²) in [6, 6.07) is 7.73. The number of hydrogen-bond acceptors (Lipinski definition) is 3. The molecule has 2 N–H and O–H groups in total. The summed E-state index contributed by atoms with van der Waals surface area (Å²) in [4.78, 5) is 0. The fourth-order valence-corrected chi connectivity index (χ4v) is 1.17. The molecule has 3 nitrogen and oxygen atoms in total. The van der Waals surface area contributed by atoms with E-state index in [0.717, 1.165) is 17.8 Å². The highest BCUT2D eigenvalue weighted by atomic mass is 16.5. The lowest BCUT2D eigenvalue weighted by atomic mass is 10.1. The predicted molar refractivity (Wildman–Crippen MR) is 61.9 cm³/mol. The normalized spacial score (nSPS) is 11.5. The molecule has 0 bridgehead atoms. The monoisotopic (exact) mass is 209 g/mol. The molecule has 0 saturated carbocycles. The van der Waals surface area contributed by atoms with Gasteiger partial charge in [0, 0.05) is 19.3 Å². The van der Waals surface area contributed by atoms with Crippen molar-refractivity contribution in [3.8, 4) is 0 Å². The summed E-state index contributed by atoms with van der Waals surface area (Å²) in [5.41, 5.74) is 1.73. The van der Waals surface area contributed by atoms with Crippen molar-refractivity contribution in [3.05, 3.63) is 29.8 Å². The Bertz CT molecular complexity index is 310. The van der Waals surface area contributed by atoms with Gasteiger partial charge in [-0.15, -0.1) is 0 Å². The van der Waals surface area contributed by atoms with Crippen LogP contribution in [0.15, 0.2) is 24.3 Å². The first-order valence-electron chi connectivity index (χ1n) is 5.06. The van der Waals surface area contributed by atoms with Crippen LogP contribution < -0.4 is 5.32 Å². The molecule has 15 heavy (non-hydrogen) atoms. The van der Waals surface area contributed by atoms with Crippen LogP contribution >= 0.6 is 0 Å².